The van der Waals surface area contributed by atoms with Gasteiger partial charge in [-0.15, -0.1) is 0 Å². The van der Waals surface area contributed by atoms with Gasteiger partial charge >= 0.3 is 5.97 Å². The van der Waals surface area contributed by atoms with E-state index in [9.17, 15) is 4.79 Å². The number of halogens is 1. The van der Waals surface area contributed by atoms with Crippen molar-refractivity contribution < 1.29 is 9.53 Å². The molecule has 1 atom stereocenters. The second kappa shape index (κ2) is 6.87. The molecule has 110 valence electrons. The summed E-state index contributed by atoms with van der Waals surface area (Å²) < 4.78 is 6.14. The van der Waals surface area contributed by atoms with Crippen LogP contribution in [-0.2, 0) is 9.53 Å². The lowest BCUT2D eigenvalue weighted by atomic mass is 9.96. The predicted octanol–water partition coefficient (Wildman–Crippen LogP) is 2.97. The molecule has 0 radical (unpaired) electrons. The number of carbonyl (C=O) groups is 1. The normalized spacial score (nSPS) is 17.8. The average Bonchev–Trinajstić information content (AvgIpc) is 2.44. The molecule has 0 saturated heterocycles. The van der Waals surface area contributed by atoms with Crippen LogP contribution in [0.25, 0.3) is 0 Å². The van der Waals surface area contributed by atoms with Gasteiger partial charge in [0.2, 0.25) is 0 Å². The minimum Gasteiger partial charge on any atom is -0.458 e. The van der Waals surface area contributed by atoms with Crippen molar-refractivity contribution in [1.82, 2.24) is 10.6 Å². The van der Waals surface area contributed by atoms with Crippen LogP contribution in [-0.4, -0.2) is 17.7 Å². The molecule has 1 aromatic carbocycles. The zero-order valence-electron chi connectivity index (χ0n) is 11.5. The fourth-order valence-corrected chi connectivity index (χ4v) is 2.62. The standard InChI is InChI=1S/C15H15BrN2O2S/c1-3-8-20-14(19)12-9(2)17-15(21)18-13(12)10-4-6-11(16)7-5-10/h3-7,13H,1,8H2,2H3,(H2,17,18,21)/t13-/m1/s1. The lowest BCUT2D eigenvalue weighted by Gasteiger charge is -2.29. The van der Waals surface area contributed by atoms with E-state index in [4.69, 9.17) is 17.0 Å². The van der Waals surface area contributed by atoms with Gasteiger partial charge in [0.05, 0.1) is 11.6 Å². The highest BCUT2D eigenvalue weighted by Crippen LogP contribution is 2.28. The Bertz CT molecular complexity index is 611. The highest BCUT2D eigenvalue weighted by Gasteiger charge is 2.30. The Morgan fingerprint density at radius 2 is 2.14 bits per heavy atom. The fraction of sp³-hybridized carbons (Fsp3) is 0.200. The summed E-state index contributed by atoms with van der Waals surface area (Å²) >= 11 is 8.58. The van der Waals surface area contributed by atoms with Crippen LogP contribution in [0.15, 0.2) is 52.7 Å². The van der Waals surface area contributed by atoms with E-state index in [0.717, 1.165) is 10.0 Å². The highest BCUT2D eigenvalue weighted by molar-refractivity contribution is 9.10. The first kappa shape index (κ1) is 15.7. The fourth-order valence-electron chi connectivity index (χ4n) is 2.08. The molecule has 1 aliphatic rings. The number of nitrogens with one attached hydrogen (secondary N) is 2. The molecule has 0 aliphatic carbocycles. The van der Waals surface area contributed by atoms with Crippen molar-refractivity contribution in [3.63, 3.8) is 0 Å². The Balaban J connectivity index is 2.37. The molecule has 0 saturated carbocycles. The van der Waals surface area contributed by atoms with Crippen molar-refractivity contribution in [2.75, 3.05) is 6.61 Å². The van der Waals surface area contributed by atoms with Crippen LogP contribution >= 0.6 is 28.1 Å². The first-order valence-corrected chi connectivity index (χ1v) is 7.55. The van der Waals surface area contributed by atoms with E-state index in [1.54, 1.807) is 0 Å². The number of rotatable bonds is 4. The van der Waals surface area contributed by atoms with Gasteiger partial charge in [0.1, 0.15) is 6.61 Å². The Hall–Kier alpha value is -1.66. The molecule has 1 aliphatic heterocycles. The van der Waals surface area contributed by atoms with Crippen molar-refractivity contribution in [1.29, 1.82) is 0 Å². The molecule has 2 rings (SSSR count). The van der Waals surface area contributed by atoms with Gasteiger partial charge in [0, 0.05) is 10.2 Å². The Labute approximate surface area is 137 Å². The lowest BCUT2D eigenvalue weighted by Crippen LogP contribution is -2.45. The Morgan fingerprint density at radius 3 is 2.76 bits per heavy atom. The average molecular weight is 367 g/mol. The number of esters is 1. The van der Waals surface area contributed by atoms with Crippen LogP contribution in [0.1, 0.15) is 18.5 Å². The van der Waals surface area contributed by atoms with Crippen LogP contribution in [0.2, 0.25) is 0 Å². The van der Waals surface area contributed by atoms with Crippen molar-refractivity contribution in [2.24, 2.45) is 0 Å². The molecule has 0 spiro atoms. The van der Waals surface area contributed by atoms with Gasteiger partial charge in [-0.3, -0.25) is 0 Å². The quantitative estimate of drug-likeness (QED) is 0.487. The first-order chi connectivity index (χ1) is 10.0. The molecule has 0 unspecified atom stereocenters. The molecule has 0 aromatic heterocycles. The second-order valence-corrected chi connectivity index (χ2v) is 5.83. The number of benzene rings is 1. The summed E-state index contributed by atoms with van der Waals surface area (Å²) in [5.41, 5.74) is 2.15. The lowest BCUT2D eigenvalue weighted by molar-refractivity contribution is -0.138. The molecule has 0 amide bonds. The molecule has 1 aromatic rings. The maximum absolute atomic E-state index is 12.3. The molecule has 0 fully saturated rings. The van der Waals surface area contributed by atoms with Gasteiger partial charge in [-0.25, -0.2) is 4.79 Å². The van der Waals surface area contributed by atoms with Crippen LogP contribution < -0.4 is 10.6 Å². The third kappa shape index (κ3) is 3.71. The smallest absolute Gasteiger partial charge is 0.338 e. The summed E-state index contributed by atoms with van der Waals surface area (Å²) in [5, 5.41) is 6.56. The highest BCUT2D eigenvalue weighted by atomic mass is 79.9. The Morgan fingerprint density at radius 1 is 1.48 bits per heavy atom. The monoisotopic (exact) mass is 366 g/mol. The van der Waals surface area contributed by atoms with Crippen molar-refractivity contribution in [2.45, 2.75) is 13.0 Å². The Kier molecular flexibility index (Phi) is 5.14. The van der Waals surface area contributed by atoms with E-state index in [1.807, 2.05) is 31.2 Å². The topological polar surface area (TPSA) is 50.4 Å². The minimum absolute atomic E-state index is 0.174. The van der Waals surface area contributed by atoms with Crippen LogP contribution in [0.5, 0.6) is 0 Å². The predicted molar refractivity (Wildman–Crippen MR) is 89.6 cm³/mol. The maximum Gasteiger partial charge on any atom is 0.338 e. The van der Waals surface area contributed by atoms with Gasteiger partial charge in [0.25, 0.3) is 0 Å². The number of thiocarbonyl (C=S) groups is 1. The van der Waals surface area contributed by atoms with Crippen molar-refractivity contribution >= 4 is 39.2 Å². The van der Waals surface area contributed by atoms with E-state index in [2.05, 4.69) is 33.1 Å². The largest absolute Gasteiger partial charge is 0.458 e. The molecular formula is C15H15BrN2O2S. The van der Waals surface area contributed by atoms with Gasteiger partial charge in [-0.05, 0) is 36.8 Å². The molecule has 2 N–H and O–H groups in total. The molecule has 21 heavy (non-hydrogen) atoms. The summed E-state index contributed by atoms with van der Waals surface area (Å²) in [6.07, 6.45) is 1.54. The van der Waals surface area contributed by atoms with Gasteiger partial charge in [0.15, 0.2) is 5.11 Å². The summed E-state index contributed by atoms with van der Waals surface area (Å²) in [4.78, 5) is 12.3. The van der Waals surface area contributed by atoms with Crippen LogP contribution in [0.3, 0.4) is 0 Å². The summed E-state index contributed by atoms with van der Waals surface area (Å²) in [6.45, 7) is 5.53. The summed E-state index contributed by atoms with van der Waals surface area (Å²) in [5.74, 6) is -0.386. The number of ether oxygens (including phenoxy) is 1. The number of allylic oxidation sites excluding steroid dienone is 1. The van der Waals surface area contributed by atoms with Gasteiger partial charge < -0.3 is 15.4 Å². The number of carbonyl (C=O) groups excluding carboxylic acids is 1. The van der Waals surface area contributed by atoms with Gasteiger partial charge in [-0.1, -0.05) is 40.7 Å². The molecule has 0 bridgehead atoms. The third-order valence-corrected chi connectivity index (χ3v) is 3.77. The minimum atomic E-state index is -0.386. The molecule has 1 heterocycles. The SMILES string of the molecule is C=CCOC(=O)C1=C(C)NC(=S)N[C@@H]1c1ccc(Br)cc1. The van der Waals surface area contributed by atoms with E-state index in [1.165, 1.54) is 6.08 Å². The first-order valence-electron chi connectivity index (χ1n) is 6.34. The van der Waals surface area contributed by atoms with Crippen LogP contribution in [0.4, 0.5) is 0 Å². The third-order valence-electron chi connectivity index (χ3n) is 3.02. The summed E-state index contributed by atoms with van der Waals surface area (Å²) in [6, 6.07) is 7.38. The van der Waals surface area contributed by atoms with Crippen molar-refractivity contribution in [3.8, 4) is 0 Å². The van der Waals surface area contributed by atoms with E-state index in [-0.39, 0.29) is 18.6 Å². The zero-order valence-corrected chi connectivity index (χ0v) is 13.9. The maximum atomic E-state index is 12.3. The van der Waals surface area contributed by atoms with E-state index < -0.39 is 0 Å². The number of hydrogen-bond acceptors (Lipinski definition) is 3. The second-order valence-electron chi connectivity index (χ2n) is 4.51. The zero-order chi connectivity index (χ0) is 15.4. The van der Waals surface area contributed by atoms with Gasteiger partial charge in [-0.2, -0.15) is 0 Å². The van der Waals surface area contributed by atoms with Crippen LogP contribution in [0, 0.1) is 0 Å². The van der Waals surface area contributed by atoms with Crippen molar-refractivity contribution in [3.05, 3.63) is 58.2 Å². The molecular weight excluding hydrogens is 352 g/mol. The van der Waals surface area contributed by atoms with E-state index in [0.29, 0.717) is 16.4 Å². The molecule has 4 nitrogen and oxygen atoms in total. The van der Waals surface area contributed by atoms with E-state index >= 15 is 0 Å². The number of hydrogen-bond donors (Lipinski definition) is 2. The summed E-state index contributed by atoms with van der Waals surface area (Å²) in [7, 11) is 0. The molecule has 6 heteroatoms.